The predicted octanol–water partition coefficient (Wildman–Crippen LogP) is 4.80. The molecule has 0 bridgehead atoms. The zero-order chi connectivity index (χ0) is 18.5. The lowest BCUT2D eigenvalue weighted by molar-refractivity contribution is -0.136. The zero-order valence-electron chi connectivity index (χ0n) is 14.8. The predicted molar refractivity (Wildman–Crippen MR) is 112 cm³/mol. The van der Waals surface area contributed by atoms with Gasteiger partial charge in [-0.1, -0.05) is 36.0 Å². The van der Waals surface area contributed by atoms with Gasteiger partial charge in [0.15, 0.2) is 5.11 Å². The maximum atomic E-state index is 12.8. The van der Waals surface area contributed by atoms with E-state index >= 15 is 0 Å². The number of anilines is 1. The number of halogens is 2. The van der Waals surface area contributed by atoms with Crippen molar-refractivity contribution in [1.82, 2.24) is 9.80 Å². The molecule has 1 N–H and O–H groups in total. The fourth-order valence-electron chi connectivity index (χ4n) is 3.71. The van der Waals surface area contributed by atoms with Crippen LogP contribution in [0, 0.1) is 5.92 Å². The van der Waals surface area contributed by atoms with E-state index in [2.05, 4.69) is 15.1 Å². The smallest absolute Gasteiger partial charge is 0.225 e. The summed E-state index contributed by atoms with van der Waals surface area (Å²) < 4.78 is 0. The first-order chi connectivity index (χ1) is 12.5. The Morgan fingerprint density at radius 2 is 1.50 bits per heavy atom. The van der Waals surface area contributed by atoms with Gasteiger partial charge in [-0.2, -0.15) is 0 Å². The summed E-state index contributed by atoms with van der Waals surface area (Å²) in [6.07, 6.45) is 6.48. The summed E-state index contributed by atoms with van der Waals surface area (Å²) in [5.41, 5.74) is 0.787. The van der Waals surface area contributed by atoms with E-state index in [1.54, 1.807) is 18.2 Å². The summed E-state index contributed by atoms with van der Waals surface area (Å²) in [6.45, 7) is 3.44. The molecule has 2 aliphatic heterocycles. The Kier molecular flexibility index (Phi) is 7.01. The molecule has 0 atom stereocenters. The number of nitrogens with one attached hydrogen (secondary N) is 1. The Balaban J connectivity index is 1.51. The number of thiocarbonyl (C=S) groups is 1. The molecule has 1 aromatic rings. The number of rotatable bonds is 2. The molecule has 26 heavy (non-hydrogen) atoms. The molecule has 2 aliphatic rings. The summed E-state index contributed by atoms with van der Waals surface area (Å²) >= 11 is 17.6. The number of hydrogen-bond acceptors (Lipinski definition) is 2. The van der Waals surface area contributed by atoms with Crippen LogP contribution in [0.15, 0.2) is 18.2 Å². The van der Waals surface area contributed by atoms with Gasteiger partial charge >= 0.3 is 0 Å². The highest BCUT2D eigenvalue weighted by atomic mass is 35.5. The molecule has 7 heteroatoms. The van der Waals surface area contributed by atoms with Crippen molar-refractivity contribution in [1.29, 1.82) is 0 Å². The molecule has 3 rings (SSSR count). The van der Waals surface area contributed by atoms with Crippen molar-refractivity contribution in [2.45, 2.75) is 38.5 Å². The van der Waals surface area contributed by atoms with Crippen molar-refractivity contribution in [2.24, 2.45) is 5.92 Å². The van der Waals surface area contributed by atoms with Gasteiger partial charge in [-0.05, 0) is 56.1 Å². The number of nitrogens with zero attached hydrogens (tertiary/aromatic N) is 2. The molecule has 2 saturated heterocycles. The highest BCUT2D eigenvalue weighted by molar-refractivity contribution is 7.80. The van der Waals surface area contributed by atoms with Gasteiger partial charge in [0.2, 0.25) is 5.91 Å². The van der Waals surface area contributed by atoms with E-state index in [0.29, 0.717) is 21.1 Å². The van der Waals surface area contributed by atoms with Crippen LogP contribution in [0.3, 0.4) is 0 Å². The highest BCUT2D eigenvalue weighted by Gasteiger charge is 2.29. The SMILES string of the molecule is O=C(C1CCN(C(=S)Nc2cc(Cl)cc(Cl)c2)CC1)N1CCCCCC1. The second-order valence-corrected chi connectivity index (χ2v) is 8.35. The van der Waals surface area contributed by atoms with Crippen LogP contribution in [0.2, 0.25) is 10.0 Å². The molecule has 0 aromatic heterocycles. The summed E-state index contributed by atoms with van der Waals surface area (Å²) in [7, 11) is 0. The van der Waals surface area contributed by atoms with Crippen molar-refractivity contribution >= 4 is 52.1 Å². The molecule has 1 amide bonds. The summed E-state index contributed by atoms with van der Waals surface area (Å²) in [5, 5.41) is 5.01. The second-order valence-electron chi connectivity index (χ2n) is 7.09. The van der Waals surface area contributed by atoms with Gasteiger partial charge in [0.05, 0.1) is 0 Å². The number of benzene rings is 1. The summed E-state index contributed by atoms with van der Waals surface area (Å²) in [4.78, 5) is 17.0. The van der Waals surface area contributed by atoms with Gasteiger partial charge < -0.3 is 15.1 Å². The Morgan fingerprint density at radius 1 is 0.923 bits per heavy atom. The molecule has 1 aromatic carbocycles. The number of amides is 1. The molecular weight excluding hydrogens is 389 g/mol. The van der Waals surface area contributed by atoms with E-state index in [0.717, 1.165) is 57.5 Å². The summed E-state index contributed by atoms with van der Waals surface area (Å²) in [6, 6.07) is 5.29. The largest absolute Gasteiger partial charge is 0.349 e. The zero-order valence-corrected chi connectivity index (χ0v) is 17.2. The number of piperidine rings is 1. The molecule has 2 heterocycles. The summed E-state index contributed by atoms with van der Waals surface area (Å²) in [5.74, 6) is 0.472. The van der Waals surface area contributed by atoms with Gasteiger partial charge in [-0.3, -0.25) is 4.79 Å². The first-order valence-corrected chi connectivity index (χ1v) is 10.5. The molecule has 0 unspecified atom stereocenters. The van der Waals surface area contributed by atoms with Gasteiger partial charge in [0.25, 0.3) is 0 Å². The van der Waals surface area contributed by atoms with E-state index < -0.39 is 0 Å². The third kappa shape index (κ3) is 5.24. The average molecular weight is 414 g/mol. The minimum atomic E-state index is 0.132. The molecule has 4 nitrogen and oxygen atoms in total. The number of carbonyl (C=O) groups excluding carboxylic acids is 1. The third-order valence-corrected chi connectivity index (χ3v) is 5.96. The van der Waals surface area contributed by atoms with Gasteiger partial charge in [-0.25, -0.2) is 0 Å². The molecular formula is C19H25Cl2N3OS. The van der Waals surface area contributed by atoms with Gasteiger partial charge in [0.1, 0.15) is 0 Å². The Labute approximate surface area is 170 Å². The van der Waals surface area contributed by atoms with Crippen LogP contribution in [-0.2, 0) is 4.79 Å². The second kappa shape index (κ2) is 9.25. The highest BCUT2D eigenvalue weighted by Crippen LogP contribution is 2.25. The lowest BCUT2D eigenvalue weighted by atomic mass is 9.95. The Morgan fingerprint density at radius 3 is 2.08 bits per heavy atom. The van der Waals surface area contributed by atoms with Gasteiger partial charge in [0, 0.05) is 47.8 Å². The van der Waals surface area contributed by atoms with Gasteiger partial charge in [-0.15, -0.1) is 0 Å². The monoisotopic (exact) mass is 413 g/mol. The standard InChI is InChI=1S/C19H25Cl2N3OS/c20-15-11-16(21)13-17(12-15)22-19(26)24-9-5-14(6-10-24)18(25)23-7-3-1-2-4-8-23/h11-14H,1-10H2,(H,22,26). The van der Waals surface area contributed by atoms with Crippen molar-refractivity contribution < 1.29 is 4.79 Å². The molecule has 2 fully saturated rings. The van der Waals surface area contributed by atoms with E-state index in [4.69, 9.17) is 35.4 Å². The lowest BCUT2D eigenvalue weighted by Crippen LogP contribution is -2.45. The molecule has 0 aliphatic carbocycles. The van der Waals surface area contributed by atoms with Crippen LogP contribution in [0.4, 0.5) is 5.69 Å². The van der Waals surface area contributed by atoms with E-state index in [1.165, 1.54) is 12.8 Å². The van der Waals surface area contributed by atoms with Crippen LogP contribution < -0.4 is 5.32 Å². The number of hydrogen-bond donors (Lipinski definition) is 1. The number of carbonyl (C=O) groups is 1. The first kappa shape index (κ1) is 19.7. The third-order valence-electron chi connectivity index (χ3n) is 5.16. The Bertz CT molecular complexity index is 634. The van der Waals surface area contributed by atoms with Crippen LogP contribution in [0.5, 0.6) is 0 Å². The normalized spacial score (nSPS) is 19.2. The molecule has 0 spiro atoms. The van der Waals surface area contributed by atoms with Crippen molar-refractivity contribution in [2.75, 3.05) is 31.5 Å². The van der Waals surface area contributed by atoms with Crippen LogP contribution >= 0.6 is 35.4 Å². The quantitative estimate of drug-likeness (QED) is 0.705. The average Bonchev–Trinajstić information content (AvgIpc) is 2.89. The lowest BCUT2D eigenvalue weighted by Gasteiger charge is -2.35. The Hall–Kier alpha value is -1.04. The minimum Gasteiger partial charge on any atom is -0.349 e. The van der Waals surface area contributed by atoms with Crippen LogP contribution in [0.1, 0.15) is 38.5 Å². The first-order valence-electron chi connectivity index (χ1n) is 9.34. The maximum absolute atomic E-state index is 12.8. The van der Waals surface area contributed by atoms with E-state index in [-0.39, 0.29) is 5.92 Å². The maximum Gasteiger partial charge on any atom is 0.225 e. The van der Waals surface area contributed by atoms with E-state index in [9.17, 15) is 4.79 Å². The van der Waals surface area contributed by atoms with Crippen molar-refractivity contribution in [3.8, 4) is 0 Å². The molecule has 0 saturated carbocycles. The molecule has 0 radical (unpaired) electrons. The van der Waals surface area contributed by atoms with Crippen molar-refractivity contribution in [3.63, 3.8) is 0 Å². The van der Waals surface area contributed by atoms with E-state index in [1.807, 2.05) is 0 Å². The molecule has 142 valence electrons. The topological polar surface area (TPSA) is 35.6 Å². The van der Waals surface area contributed by atoms with Crippen molar-refractivity contribution in [3.05, 3.63) is 28.2 Å². The fraction of sp³-hybridized carbons (Fsp3) is 0.579. The fourth-order valence-corrected chi connectivity index (χ4v) is 4.53. The minimum absolute atomic E-state index is 0.132. The number of likely N-dealkylation sites (tertiary alicyclic amines) is 2. The van der Waals surface area contributed by atoms with Crippen LogP contribution in [-0.4, -0.2) is 47.0 Å². The van der Waals surface area contributed by atoms with Crippen LogP contribution in [0.25, 0.3) is 0 Å².